The smallest absolute Gasteiger partial charge is 0.171 e. The van der Waals surface area contributed by atoms with Gasteiger partial charge in [-0.05, 0) is 12.8 Å². The summed E-state index contributed by atoms with van der Waals surface area (Å²) in [6.45, 7) is 6.06. The molecule has 18 heavy (non-hydrogen) atoms. The topological polar surface area (TPSA) is 42.4 Å². The lowest BCUT2D eigenvalue weighted by Gasteiger charge is -2.25. The van der Waals surface area contributed by atoms with Crippen LogP contribution in [0.4, 0.5) is 0 Å². The van der Waals surface area contributed by atoms with E-state index in [1.165, 1.54) is 12.8 Å². The molecule has 1 aromatic heterocycles. The van der Waals surface area contributed by atoms with Gasteiger partial charge in [0.15, 0.2) is 5.78 Å². The number of Topliss-reactive ketones (excluding diaryl/α,β-unsaturated/α-hetero) is 1. The predicted molar refractivity (Wildman–Crippen MR) is 70.2 cm³/mol. The average Bonchev–Trinajstić information content (AvgIpc) is 3.12. The van der Waals surface area contributed by atoms with Crippen LogP contribution in [-0.4, -0.2) is 42.0 Å². The molecular formula is C13H18N2O2S. The second kappa shape index (κ2) is 5.07. The van der Waals surface area contributed by atoms with Gasteiger partial charge in [0.2, 0.25) is 0 Å². The minimum atomic E-state index is 0.169. The molecule has 0 N–H and O–H groups in total. The number of carbonyl (C=O) groups excluding carboxylic acids is 1. The van der Waals surface area contributed by atoms with Crippen LogP contribution in [0.1, 0.15) is 46.1 Å². The van der Waals surface area contributed by atoms with E-state index in [1.54, 1.807) is 18.3 Å². The highest BCUT2D eigenvalue weighted by Crippen LogP contribution is 2.42. The van der Waals surface area contributed by atoms with Crippen LogP contribution in [0.15, 0.2) is 0 Å². The Morgan fingerprint density at radius 3 is 2.78 bits per heavy atom. The molecule has 1 aliphatic heterocycles. The van der Waals surface area contributed by atoms with E-state index < -0.39 is 0 Å². The van der Waals surface area contributed by atoms with Gasteiger partial charge in [0.25, 0.3) is 0 Å². The number of nitrogens with zero attached hydrogens (tertiary/aromatic N) is 2. The maximum absolute atomic E-state index is 11.6. The van der Waals surface area contributed by atoms with Gasteiger partial charge in [-0.2, -0.15) is 0 Å². The third kappa shape index (κ3) is 2.63. The maximum Gasteiger partial charge on any atom is 0.171 e. The predicted octanol–water partition coefficient (Wildman–Crippen LogP) is 2.06. The second-order valence-corrected chi connectivity index (χ2v) is 6.12. The summed E-state index contributed by atoms with van der Waals surface area (Å²) in [7, 11) is 0. The average molecular weight is 266 g/mol. The first-order valence-corrected chi connectivity index (χ1v) is 7.36. The Morgan fingerprint density at radius 1 is 1.44 bits per heavy atom. The Morgan fingerprint density at radius 2 is 2.17 bits per heavy atom. The molecule has 2 aliphatic rings. The molecule has 0 radical (unpaired) electrons. The standard InChI is InChI=1S/C13H18N2O2S/c1-9(16)13-12(10-2-3-10)14-11(18-13)8-15-4-6-17-7-5-15/h10H,2-8H2,1H3. The highest BCUT2D eigenvalue weighted by molar-refractivity contribution is 7.13. The van der Waals surface area contributed by atoms with E-state index in [1.807, 2.05) is 0 Å². The van der Waals surface area contributed by atoms with Gasteiger partial charge in [0.05, 0.1) is 30.3 Å². The molecule has 3 rings (SSSR count). The molecular weight excluding hydrogens is 248 g/mol. The van der Waals surface area contributed by atoms with Crippen LogP contribution in [0.5, 0.6) is 0 Å². The molecule has 1 aromatic rings. The molecule has 1 saturated heterocycles. The molecule has 98 valence electrons. The molecule has 0 spiro atoms. The lowest BCUT2D eigenvalue weighted by atomic mass is 10.2. The van der Waals surface area contributed by atoms with Crippen LogP contribution in [0.3, 0.4) is 0 Å². The van der Waals surface area contributed by atoms with Crippen molar-refractivity contribution in [3.05, 3.63) is 15.6 Å². The van der Waals surface area contributed by atoms with Gasteiger partial charge in [-0.15, -0.1) is 11.3 Å². The van der Waals surface area contributed by atoms with E-state index in [9.17, 15) is 4.79 Å². The maximum atomic E-state index is 11.6. The third-order valence-electron chi connectivity index (χ3n) is 3.44. The van der Waals surface area contributed by atoms with E-state index in [0.29, 0.717) is 5.92 Å². The number of aromatic nitrogens is 1. The molecule has 0 bridgehead atoms. The van der Waals surface area contributed by atoms with Gasteiger partial charge in [-0.1, -0.05) is 0 Å². The van der Waals surface area contributed by atoms with Gasteiger partial charge in [0.1, 0.15) is 5.01 Å². The van der Waals surface area contributed by atoms with Crippen molar-refractivity contribution in [1.82, 2.24) is 9.88 Å². The van der Waals surface area contributed by atoms with Crippen molar-refractivity contribution < 1.29 is 9.53 Å². The van der Waals surface area contributed by atoms with Crippen molar-refractivity contribution in [2.45, 2.75) is 32.2 Å². The van der Waals surface area contributed by atoms with E-state index in [2.05, 4.69) is 4.90 Å². The van der Waals surface area contributed by atoms with E-state index in [-0.39, 0.29) is 5.78 Å². The number of hydrogen-bond donors (Lipinski definition) is 0. The normalized spacial score (nSPS) is 21.2. The third-order valence-corrected chi connectivity index (χ3v) is 4.60. The van der Waals surface area contributed by atoms with Gasteiger partial charge in [-0.3, -0.25) is 9.69 Å². The fourth-order valence-electron chi connectivity index (χ4n) is 2.28. The van der Waals surface area contributed by atoms with Gasteiger partial charge in [-0.25, -0.2) is 4.98 Å². The zero-order valence-corrected chi connectivity index (χ0v) is 11.5. The molecule has 0 amide bonds. The quantitative estimate of drug-likeness (QED) is 0.782. The summed E-state index contributed by atoms with van der Waals surface area (Å²) in [5, 5.41) is 1.09. The summed E-state index contributed by atoms with van der Waals surface area (Å²) in [6.07, 6.45) is 2.39. The summed E-state index contributed by atoms with van der Waals surface area (Å²) >= 11 is 1.59. The second-order valence-electron chi connectivity index (χ2n) is 5.04. The van der Waals surface area contributed by atoms with Crippen LogP contribution in [0, 0.1) is 0 Å². The Hall–Kier alpha value is -0.780. The van der Waals surface area contributed by atoms with Crippen LogP contribution >= 0.6 is 11.3 Å². The van der Waals surface area contributed by atoms with Crippen molar-refractivity contribution in [2.24, 2.45) is 0 Å². The van der Waals surface area contributed by atoms with Gasteiger partial charge in [0, 0.05) is 25.9 Å². The number of hydrogen-bond acceptors (Lipinski definition) is 5. The lowest BCUT2D eigenvalue weighted by molar-refractivity contribution is 0.0341. The highest BCUT2D eigenvalue weighted by Gasteiger charge is 2.31. The van der Waals surface area contributed by atoms with Crippen molar-refractivity contribution >= 4 is 17.1 Å². The number of ketones is 1. The van der Waals surface area contributed by atoms with E-state index >= 15 is 0 Å². The summed E-state index contributed by atoms with van der Waals surface area (Å²) < 4.78 is 5.34. The van der Waals surface area contributed by atoms with Crippen LogP contribution in [-0.2, 0) is 11.3 Å². The first-order chi connectivity index (χ1) is 8.74. The molecule has 2 heterocycles. The Labute approximate surface area is 111 Å². The molecule has 0 unspecified atom stereocenters. The van der Waals surface area contributed by atoms with Crippen LogP contribution < -0.4 is 0 Å². The lowest BCUT2D eigenvalue weighted by Crippen LogP contribution is -2.35. The van der Waals surface area contributed by atoms with E-state index in [0.717, 1.165) is 48.4 Å². The zero-order chi connectivity index (χ0) is 12.5. The molecule has 5 heteroatoms. The summed E-state index contributed by atoms with van der Waals surface area (Å²) in [5.41, 5.74) is 1.07. The first kappa shape index (κ1) is 12.3. The number of ether oxygens (including phenoxy) is 1. The van der Waals surface area contributed by atoms with Crippen molar-refractivity contribution in [3.8, 4) is 0 Å². The SMILES string of the molecule is CC(=O)c1sc(CN2CCOCC2)nc1C1CC1. The largest absolute Gasteiger partial charge is 0.379 e. The number of carbonyl (C=O) groups is 1. The monoisotopic (exact) mass is 266 g/mol. The van der Waals surface area contributed by atoms with Gasteiger partial charge < -0.3 is 4.74 Å². The molecule has 4 nitrogen and oxygen atoms in total. The van der Waals surface area contributed by atoms with E-state index in [4.69, 9.17) is 9.72 Å². The fourth-order valence-corrected chi connectivity index (χ4v) is 3.37. The number of rotatable bonds is 4. The summed E-state index contributed by atoms with van der Waals surface area (Å²) in [5.74, 6) is 0.723. The summed E-state index contributed by atoms with van der Waals surface area (Å²) in [6, 6.07) is 0. The summed E-state index contributed by atoms with van der Waals surface area (Å²) in [4.78, 5) is 19.6. The van der Waals surface area contributed by atoms with Crippen molar-refractivity contribution in [3.63, 3.8) is 0 Å². The minimum absolute atomic E-state index is 0.169. The highest BCUT2D eigenvalue weighted by atomic mass is 32.1. The van der Waals surface area contributed by atoms with Crippen LogP contribution in [0.2, 0.25) is 0 Å². The minimum Gasteiger partial charge on any atom is -0.379 e. The number of morpholine rings is 1. The zero-order valence-electron chi connectivity index (χ0n) is 10.6. The Balaban J connectivity index is 1.75. The Kier molecular flexibility index (Phi) is 3.46. The van der Waals surface area contributed by atoms with Crippen molar-refractivity contribution in [2.75, 3.05) is 26.3 Å². The van der Waals surface area contributed by atoms with Crippen molar-refractivity contribution in [1.29, 1.82) is 0 Å². The molecule has 0 atom stereocenters. The molecule has 0 aromatic carbocycles. The molecule has 1 saturated carbocycles. The molecule has 2 fully saturated rings. The molecule has 1 aliphatic carbocycles. The van der Waals surface area contributed by atoms with Gasteiger partial charge >= 0.3 is 0 Å². The fraction of sp³-hybridized carbons (Fsp3) is 0.692. The number of thiazole rings is 1. The Bertz CT molecular complexity index is 448. The van der Waals surface area contributed by atoms with Crippen LogP contribution in [0.25, 0.3) is 0 Å². The first-order valence-electron chi connectivity index (χ1n) is 6.54.